The molecule has 0 aliphatic heterocycles. The van der Waals surface area contributed by atoms with Gasteiger partial charge < -0.3 is 4.74 Å². The largest absolute Gasteiger partial charge is 0.468 e. The summed E-state index contributed by atoms with van der Waals surface area (Å²) in [4.78, 5) is 12.3. The second kappa shape index (κ2) is 4.27. The first-order chi connectivity index (χ1) is 8.81. The Morgan fingerprint density at radius 3 is 2.83 bits per heavy atom. The lowest BCUT2D eigenvalue weighted by Gasteiger charge is -2.16. The summed E-state index contributed by atoms with van der Waals surface area (Å²) in [6, 6.07) is 10.1. The summed E-state index contributed by atoms with van der Waals surface area (Å²) in [5, 5.41) is 0. The van der Waals surface area contributed by atoms with E-state index < -0.39 is 5.41 Å². The molecule has 2 aliphatic rings. The van der Waals surface area contributed by atoms with Crippen molar-refractivity contribution in [2.75, 3.05) is 7.11 Å². The van der Waals surface area contributed by atoms with Gasteiger partial charge in [-0.2, -0.15) is 0 Å². The minimum atomic E-state index is -0.410. The Balaban J connectivity index is 2.05. The Labute approximate surface area is 108 Å². The number of carbonyl (C=O) groups excluding carboxylic acids is 1. The third kappa shape index (κ3) is 1.45. The molecule has 1 aromatic rings. The SMILES string of the molecule is COC(=O)[C@@]1(c2ccccc2)[C@@H]2C=CCCC[C@@H]21. The number of allylic oxidation sites excluding steroid dienone is 2. The Bertz CT molecular complexity index is 477. The second-order valence-corrected chi connectivity index (χ2v) is 5.22. The maximum atomic E-state index is 12.3. The number of methoxy groups -OCH3 is 1. The molecule has 3 rings (SSSR count). The topological polar surface area (TPSA) is 26.3 Å². The van der Waals surface area contributed by atoms with Crippen LogP contribution in [0.4, 0.5) is 0 Å². The van der Waals surface area contributed by atoms with Crippen LogP contribution in [0.1, 0.15) is 24.8 Å². The molecule has 0 aromatic heterocycles. The van der Waals surface area contributed by atoms with Crippen molar-refractivity contribution in [3.8, 4) is 0 Å². The van der Waals surface area contributed by atoms with Crippen LogP contribution in [0.15, 0.2) is 42.5 Å². The summed E-state index contributed by atoms with van der Waals surface area (Å²) in [6.45, 7) is 0. The van der Waals surface area contributed by atoms with Gasteiger partial charge in [-0.1, -0.05) is 42.5 Å². The van der Waals surface area contributed by atoms with Gasteiger partial charge in [-0.3, -0.25) is 4.79 Å². The highest BCUT2D eigenvalue weighted by atomic mass is 16.5. The average molecular weight is 242 g/mol. The van der Waals surface area contributed by atoms with Crippen molar-refractivity contribution in [1.82, 2.24) is 0 Å². The van der Waals surface area contributed by atoms with Crippen LogP contribution >= 0.6 is 0 Å². The van der Waals surface area contributed by atoms with Crippen molar-refractivity contribution in [2.24, 2.45) is 11.8 Å². The first-order valence-corrected chi connectivity index (χ1v) is 6.62. The number of benzene rings is 1. The molecule has 0 heterocycles. The predicted molar refractivity (Wildman–Crippen MR) is 70.1 cm³/mol. The summed E-state index contributed by atoms with van der Waals surface area (Å²) >= 11 is 0. The van der Waals surface area contributed by atoms with E-state index >= 15 is 0 Å². The lowest BCUT2D eigenvalue weighted by Crippen LogP contribution is -2.26. The van der Waals surface area contributed by atoms with E-state index in [4.69, 9.17) is 4.74 Å². The fourth-order valence-electron chi connectivity index (χ4n) is 3.58. The molecule has 0 N–H and O–H groups in total. The van der Waals surface area contributed by atoms with Gasteiger partial charge in [-0.25, -0.2) is 0 Å². The average Bonchev–Trinajstić information content (AvgIpc) is 3.11. The van der Waals surface area contributed by atoms with Crippen LogP contribution in [-0.2, 0) is 14.9 Å². The first kappa shape index (κ1) is 11.5. The van der Waals surface area contributed by atoms with Crippen molar-refractivity contribution in [3.63, 3.8) is 0 Å². The van der Waals surface area contributed by atoms with Gasteiger partial charge in [0.15, 0.2) is 0 Å². The highest BCUT2D eigenvalue weighted by Gasteiger charge is 2.69. The molecule has 1 aromatic carbocycles. The van der Waals surface area contributed by atoms with E-state index in [-0.39, 0.29) is 5.97 Å². The molecule has 0 saturated heterocycles. The number of fused-ring (bicyclic) bond motifs is 1. The Kier molecular flexibility index (Phi) is 2.73. The van der Waals surface area contributed by atoms with E-state index in [0.717, 1.165) is 18.4 Å². The third-order valence-electron chi connectivity index (χ3n) is 4.44. The molecule has 0 spiro atoms. The molecule has 18 heavy (non-hydrogen) atoms. The Hall–Kier alpha value is -1.57. The quantitative estimate of drug-likeness (QED) is 0.588. The zero-order valence-corrected chi connectivity index (χ0v) is 10.6. The van der Waals surface area contributed by atoms with E-state index in [1.165, 1.54) is 13.5 Å². The van der Waals surface area contributed by atoms with Gasteiger partial charge in [0.2, 0.25) is 0 Å². The van der Waals surface area contributed by atoms with Crippen LogP contribution in [0.5, 0.6) is 0 Å². The number of carbonyl (C=O) groups is 1. The standard InChI is InChI=1S/C16H18O2/c1-18-15(17)16(12-8-4-2-5-9-12)13-10-6-3-7-11-14(13)16/h2,4-6,8-10,13-14H,3,7,11H2,1H3/t13-,14+,16+/m1/s1. The molecule has 0 bridgehead atoms. The minimum Gasteiger partial charge on any atom is -0.468 e. The minimum absolute atomic E-state index is 0.0738. The van der Waals surface area contributed by atoms with E-state index in [0.29, 0.717) is 11.8 Å². The van der Waals surface area contributed by atoms with Crippen LogP contribution in [0, 0.1) is 11.8 Å². The summed E-state index contributed by atoms with van der Waals surface area (Å²) in [6.07, 6.45) is 7.86. The van der Waals surface area contributed by atoms with Gasteiger partial charge >= 0.3 is 5.97 Å². The van der Waals surface area contributed by atoms with Crippen LogP contribution in [0.25, 0.3) is 0 Å². The fraction of sp³-hybridized carbons (Fsp3) is 0.438. The van der Waals surface area contributed by atoms with Crippen LogP contribution < -0.4 is 0 Å². The molecular weight excluding hydrogens is 224 g/mol. The van der Waals surface area contributed by atoms with E-state index in [9.17, 15) is 4.79 Å². The zero-order chi connectivity index (χ0) is 12.6. The maximum Gasteiger partial charge on any atom is 0.317 e. The molecule has 3 atom stereocenters. The lowest BCUT2D eigenvalue weighted by atomic mass is 9.89. The summed E-state index contributed by atoms with van der Waals surface area (Å²) < 4.78 is 5.09. The summed E-state index contributed by atoms with van der Waals surface area (Å²) in [5.41, 5.74) is 0.700. The van der Waals surface area contributed by atoms with Crippen LogP contribution in [0.3, 0.4) is 0 Å². The van der Waals surface area contributed by atoms with Gasteiger partial charge in [0, 0.05) is 5.92 Å². The molecule has 0 radical (unpaired) electrons. The summed E-state index contributed by atoms with van der Waals surface area (Å²) in [5.74, 6) is 0.677. The maximum absolute atomic E-state index is 12.3. The summed E-state index contributed by atoms with van der Waals surface area (Å²) in [7, 11) is 1.49. The Morgan fingerprint density at radius 1 is 1.33 bits per heavy atom. The number of hydrogen-bond donors (Lipinski definition) is 0. The monoisotopic (exact) mass is 242 g/mol. The highest BCUT2D eigenvalue weighted by Crippen LogP contribution is 2.64. The predicted octanol–water partition coefficient (Wildman–Crippen LogP) is 3.08. The number of rotatable bonds is 2. The molecule has 2 aliphatic carbocycles. The molecule has 0 amide bonds. The molecular formula is C16H18O2. The van der Waals surface area contributed by atoms with Crippen molar-refractivity contribution in [3.05, 3.63) is 48.0 Å². The second-order valence-electron chi connectivity index (χ2n) is 5.22. The Morgan fingerprint density at radius 2 is 2.11 bits per heavy atom. The normalized spacial score (nSPS) is 33.4. The van der Waals surface area contributed by atoms with Crippen molar-refractivity contribution in [2.45, 2.75) is 24.7 Å². The van der Waals surface area contributed by atoms with E-state index in [1.807, 2.05) is 18.2 Å². The fourth-order valence-corrected chi connectivity index (χ4v) is 3.58. The van der Waals surface area contributed by atoms with Gasteiger partial charge in [0.05, 0.1) is 7.11 Å². The third-order valence-corrected chi connectivity index (χ3v) is 4.44. The molecule has 1 saturated carbocycles. The van der Waals surface area contributed by atoms with Crippen LogP contribution in [0.2, 0.25) is 0 Å². The smallest absolute Gasteiger partial charge is 0.317 e. The number of hydrogen-bond acceptors (Lipinski definition) is 2. The van der Waals surface area contributed by atoms with E-state index in [2.05, 4.69) is 24.3 Å². The number of ether oxygens (including phenoxy) is 1. The zero-order valence-electron chi connectivity index (χ0n) is 10.6. The van der Waals surface area contributed by atoms with Crippen LogP contribution in [-0.4, -0.2) is 13.1 Å². The van der Waals surface area contributed by atoms with Gasteiger partial charge in [0.1, 0.15) is 5.41 Å². The van der Waals surface area contributed by atoms with E-state index in [1.54, 1.807) is 0 Å². The van der Waals surface area contributed by atoms with Crippen molar-refractivity contribution in [1.29, 1.82) is 0 Å². The van der Waals surface area contributed by atoms with Crippen molar-refractivity contribution < 1.29 is 9.53 Å². The molecule has 1 fully saturated rings. The van der Waals surface area contributed by atoms with Gasteiger partial charge in [-0.05, 0) is 30.7 Å². The van der Waals surface area contributed by atoms with Gasteiger partial charge in [0.25, 0.3) is 0 Å². The molecule has 0 unspecified atom stereocenters. The highest BCUT2D eigenvalue weighted by molar-refractivity contribution is 5.89. The first-order valence-electron chi connectivity index (χ1n) is 6.62. The van der Waals surface area contributed by atoms with Gasteiger partial charge in [-0.15, -0.1) is 0 Å². The molecule has 2 nitrogen and oxygen atoms in total. The van der Waals surface area contributed by atoms with Crippen molar-refractivity contribution >= 4 is 5.97 Å². The molecule has 2 heteroatoms. The lowest BCUT2D eigenvalue weighted by molar-refractivity contribution is -0.144. The number of esters is 1. The molecule has 94 valence electrons.